The number of rotatable bonds is 3. The van der Waals surface area contributed by atoms with Crippen molar-refractivity contribution in [2.45, 2.75) is 63.5 Å². The molecule has 4 atom stereocenters. The fourth-order valence-corrected chi connectivity index (χ4v) is 4.43. The summed E-state index contributed by atoms with van der Waals surface area (Å²) in [5.41, 5.74) is 0. The molecule has 1 unspecified atom stereocenters. The van der Waals surface area contributed by atoms with Crippen LogP contribution < -0.4 is 10.2 Å². The van der Waals surface area contributed by atoms with Gasteiger partial charge in [-0.15, -0.1) is 0 Å². The molecule has 3 rings (SSSR count). The number of carbonyl (C=O) groups excluding carboxylic acids is 1. The smallest absolute Gasteiger partial charge is 0.364 e. The highest BCUT2D eigenvalue weighted by Gasteiger charge is 2.37. The molecule has 0 amide bonds. The summed E-state index contributed by atoms with van der Waals surface area (Å²) in [4.78, 5) is 13.9. The molecule has 3 aliphatic heterocycles. The van der Waals surface area contributed by atoms with Crippen molar-refractivity contribution in [3.63, 3.8) is 0 Å². The van der Waals surface area contributed by atoms with E-state index >= 15 is 0 Å². The Hall–Kier alpha value is -0.610. The van der Waals surface area contributed by atoms with E-state index < -0.39 is 0 Å². The van der Waals surface area contributed by atoms with Gasteiger partial charge in [0.05, 0.1) is 25.7 Å². The van der Waals surface area contributed by atoms with Crippen molar-refractivity contribution in [2.24, 2.45) is 5.92 Å². The standard InChI is InChI=1S/C16H28N2O2/c19-16(14-7-1-3-9-17-14)20-12-13-6-5-11-18-10-4-2-8-15(13)18/h13-15,17H,1-12H2/p+2/t13-,14-,15-/m0/s1. The Bertz CT molecular complexity index is 326. The van der Waals surface area contributed by atoms with Crippen molar-refractivity contribution in [1.82, 2.24) is 0 Å². The maximum atomic E-state index is 12.1. The lowest BCUT2D eigenvalue weighted by Crippen LogP contribution is -3.18. The summed E-state index contributed by atoms with van der Waals surface area (Å²) in [6.45, 7) is 4.44. The van der Waals surface area contributed by atoms with Gasteiger partial charge < -0.3 is 15.0 Å². The van der Waals surface area contributed by atoms with Crippen molar-refractivity contribution in [2.75, 3.05) is 26.2 Å². The van der Waals surface area contributed by atoms with Gasteiger partial charge in [0.1, 0.15) is 6.61 Å². The largest absolute Gasteiger partial charge is 0.461 e. The molecule has 0 saturated carbocycles. The van der Waals surface area contributed by atoms with E-state index in [4.69, 9.17) is 4.74 Å². The number of carbonyl (C=O) groups is 1. The molecular formula is C16H30N2O2+2. The van der Waals surface area contributed by atoms with Crippen LogP contribution in [0.3, 0.4) is 0 Å². The summed E-state index contributed by atoms with van der Waals surface area (Å²) in [5, 5.41) is 2.17. The Labute approximate surface area is 122 Å². The zero-order valence-electron chi connectivity index (χ0n) is 12.6. The summed E-state index contributed by atoms with van der Waals surface area (Å²) in [6, 6.07) is 0.850. The maximum Gasteiger partial charge on any atom is 0.364 e. The lowest BCUT2D eigenvalue weighted by molar-refractivity contribution is -0.940. The molecule has 3 N–H and O–H groups in total. The van der Waals surface area contributed by atoms with E-state index in [0.717, 1.165) is 19.0 Å². The first kappa shape index (κ1) is 14.3. The normalized spacial score (nSPS) is 38.0. The third-order valence-electron chi connectivity index (χ3n) is 5.59. The van der Waals surface area contributed by atoms with Gasteiger partial charge in [-0.25, -0.2) is 4.79 Å². The Balaban J connectivity index is 1.48. The van der Waals surface area contributed by atoms with E-state index in [-0.39, 0.29) is 12.0 Å². The second-order valence-electron chi connectivity index (χ2n) is 6.92. The van der Waals surface area contributed by atoms with Crippen LogP contribution >= 0.6 is 0 Å². The molecule has 0 radical (unpaired) electrons. The van der Waals surface area contributed by atoms with Crippen LogP contribution in [0.4, 0.5) is 0 Å². The Morgan fingerprint density at radius 2 is 1.90 bits per heavy atom. The summed E-state index contributed by atoms with van der Waals surface area (Å²) < 4.78 is 5.69. The predicted molar refractivity (Wildman–Crippen MR) is 76.5 cm³/mol. The minimum absolute atomic E-state index is 0.0487. The Morgan fingerprint density at radius 1 is 1.05 bits per heavy atom. The number of nitrogens with one attached hydrogen (secondary N) is 1. The average Bonchev–Trinajstić information content (AvgIpc) is 2.53. The number of hydrogen-bond donors (Lipinski definition) is 2. The van der Waals surface area contributed by atoms with Crippen LogP contribution in [0, 0.1) is 5.92 Å². The molecule has 4 nitrogen and oxygen atoms in total. The van der Waals surface area contributed by atoms with Crippen LogP contribution in [-0.4, -0.2) is 44.3 Å². The predicted octanol–water partition coefficient (Wildman–Crippen LogP) is -0.507. The second kappa shape index (κ2) is 6.90. The first-order valence-corrected chi connectivity index (χ1v) is 8.69. The monoisotopic (exact) mass is 282 g/mol. The molecule has 3 fully saturated rings. The molecule has 0 bridgehead atoms. The molecule has 0 aliphatic carbocycles. The summed E-state index contributed by atoms with van der Waals surface area (Å²) in [5.74, 6) is 0.666. The molecular weight excluding hydrogens is 252 g/mol. The van der Waals surface area contributed by atoms with Crippen molar-refractivity contribution in [1.29, 1.82) is 0 Å². The van der Waals surface area contributed by atoms with Gasteiger partial charge in [0.15, 0.2) is 6.04 Å². The summed E-state index contributed by atoms with van der Waals surface area (Å²) in [7, 11) is 0. The maximum absolute atomic E-state index is 12.1. The van der Waals surface area contributed by atoms with Gasteiger partial charge in [-0.3, -0.25) is 0 Å². The highest BCUT2D eigenvalue weighted by atomic mass is 16.5. The van der Waals surface area contributed by atoms with Crippen LogP contribution in [0.5, 0.6) is 0 Å². The molecule has 3 heterocycles. The molecule has 0 aromatic carbocycles. The Morgan fingerprint density at radius 3 is 2.75 bits per heavy atom. The van der Waals surface area contributed by atoms with Gasteiger partial charge in [-0.05, 0) is 44.9 Å². The van der Waals surface area contributed by atoms with Gasteiger partial charge in [0.25, 0.3) is 0 Å². The van der Waals surface area contributed by atoms with Crippen molar-refractivity contribution < 1.29 is 19.7 Å². The van der Waals surface area contributed by atoms with E-state index in [2.05, 4.69) is 5.32 Å². The van der Waals surface area contributed by atoms with Crippen LogP contribution in [-0.2, 0) is 9.53 Å². The lowest BCUT2D eigenvalue weighted by atomic mass is 9.84. The number of piperidine rings is 3. The zero-order valence-corrected chi connectivity index (χ0v) is 12.6. The number of hydrogen-bond acceptors (Lipinski definition) is 2. The number of fused-ring (bicyclic) bond motifs is 1. The van der Waals surface area contributed by atoms with Gasteiger partial charge >= 0.3 is 5.97 Å². The Kier molecular flexibility index (Phi) is 4.94. The minimum Gasteiger partial charge on any atom is -0.461 e. The highest BCUT2D eigenvalue weighted by Crippen LogP contribution is 2.20. The van der Waals surface area contributed by atoms with Gasteiger partial charge in [-0.1, -0.05) is 0 Å². The zero-order chi connectivity index (χ0) is 13.8. The fourth-order valence-electron chi connectivity index (χ4n) is 4.43. The van der Waals surface area contributed by atoms with Crippen LogP contribution in [0.1, 0.15) is 51.4 Å². The summed E-state index contributed by atoms with van der Waals surface area (Å²) >= 11 is 0. The number of esters is 1. The average molecular weight is 282 g/mol. The summed E-state index contributed by atoms with van der Waals surface area (Å²) in [6.07, 6.45) is 10.1. The first-order chi connectivity index (χ1) is 9.84. The second-order valence-corrected chi connectivity index (χ2v) is 6.92. The van der Waals surface area contributed by atoms with Gasteiger partial charge in [-0.2, -0.15) is 0 Å². The molecule has 0 aromatic heterocycles. The quantitative estimate of drug-likeness (QED) is 0.685. The van der Waals surface area contributed by atoms with E-state index in [1.54, 1.807) is 4.90 Å². The van der Waals surface area contributed by atoms with Crippen molar-refractivity contribution in [3.8, 4) is 0 Å². The van der Waals surface area contributed by atoms with Crippen LogP contribution in [0.2, 0.25) is 0 Å². The van der Waals surface area contributed by atoms with E-state index in [9.17, 15) is 4.79 Å². The number of quaternary nitrogens is 2. The number of ether oxygens (including phenoxy) is 1. The highest BCUT2D eigenvalue weighted by molar-refractivity contribution is 5.74. The SMILES string of the molecule is O=C(OC[C@@H]1CCC[NH+]2CCCC[C@@H]12)[C@@H]1CCCC[NH2+]1. The molecule has 114 valence electrons. The van der Waals surface area contributed by atoms with Crippen LogP contribution in [0.25, 0.3) is 0 Å². The molecule has 0 aromatic rings. The van der Waals surface area contributed by atoms with E-state index in [1.165, 1.54) is 58.0 Å². The molecule has 4 heteroatoms. The third-order valence-corrected chi connectivity index (χ3v) is 5.59. The lowest BCUT2D eigenvalue weighted by Gasteiger charge is -2.41. The molecule has 20 heavy (non-hydrogen) atoms. The van der Waals surface area contributed by atoms with Crippen LogP contribution in [0.15, 0.2) is 0 Å². The molecule has 3 aliphatic rings. The van der Waals surface area contributed by atoms with E-state index in [1.807, 2.05) is 0 Å². The molecule has 0 spiro atoms. The topological polar surface area (TPSA) is 47.4 Å². The first-order valence-electron chi connectivity index (χ1n) is 8.69. The minimum atomic E-state index is 0.0487. The third kappa shape index (κ3) is 3.34. The van der Waals surface area contributed by atoms with Gasteiger partial charge in [0.2, 0.25) is 0 Å². The molecule has 3 saturated heterocycles. The van der Waals surface area contributed by atoms with Crippen molar-refractivity contribution in [3.05, 3.63) is 0 Å². The number of nitrogens with two attached hydrogens (primary N) is 1. The van der Waals surface area contributed by atoms with Gasteiger partial charge in [0, 0.05) is 12.3 Å². The fraction of sp³-hybridized carbons (Fsp3) is 0.938. The van der Waals surface area contributed by atoms with Crippen molar-refractivity contribution >= 4 is 5.97 Å². The van der Waals surface area contributed by atoms with E-state index in [0.29, 0.717) is 12.5 Å².